The Bertz CT molecular complexity index is 228. The van der Waals surface area contributed by atoms with Crippen molar-refractivity contribution in [1.29, 1.82) is 0 Å². The van der Waals surface area contributed by atoms with Gasteiger partial charge in [-0.2, -0.15) is 0 Å². The first-order valence-corrected chi connectivity index (χ1v) is 6.15. The van der Waals surface area contributed by atoms with Crippen LogP contribution in [0.5, 0.6) is 0 Å². The molecule has 3 heteroatoms. The molecule has 1 aliphatic carbocycles. The van der Waals surface area contributed by atoms with Gasteiger partial charge in [-0.15, -0.1) is 0 Å². The highest BCUT2D eigenvalue weighted by Crippen LogP contribution is 2.21. The van der Waals surface area contributed by atoms with E-state index < -0.39 is 0 Å². The Balaban J connectivity index is 1.74. The number of rotatable bonds is 3. The summed E-state index contributed by atoms with van der Waals surface area (Å²) in [5.74, 6) is 1.70. The van der Waals surface area contributed by atoms with Crippen LogP contribution in [0.3, 0.4) is 0 Å². The largest absolute Gasteiger partial charge is 0.352 e. The molecule has 0 aromatic carbocycles. The van der Waals surface area contributed by atoms with Crippen molar-refractivity contribution in [2.45, 2.75) is 39.2 Å². The van der Waals surface area contributed by atoms with Crippen molar-refractivity contribution >= 4 is 5.91 Å². The number of piperidine rings is 1. The molecule has 1 saturated heterocycles. The Labute approximate surface area is 92.2 Å². The summed E-state index contributed by atoms with van der Waals surface area (Å²) in [4.78, 5) is 13.9. The van der Waals surface area contributed by atoms with Gasteiger partial charge in [0, 0.05) is 19.1 Å². The normalized spacial score (nSPS) is 32.7. The van der Waals surface area contributed by atoms with Crippen LogP contribution in [0, 0.1) is 11.8 Å². The van der Waals surface area contributed by atoms with Crippen molar-refractivity contribution in [3.05, 3.63) is 0 Å². The lowest BCUT2D eigenvalue weighted by molar-refractivity contribution is -0.123. The zero-order chi connectivity index (χ0) is 10.8. The molecule has 0 aromatic rings. The average Bonchev–Trinajstić information content (AvgIpc) is 2.85. The van der Waals surface area contributed by atoms with Crippen LogP contribution in [0.25, 0.3) is 0 Å². The molecule has 86 valence electrons. The third-order valence-electron chi connectivity index (χ3n) is 3.25. The molecule has 1 heterocycles. The van der Waals surface area contributed by atoms with Crippen LogP contribution in [-0.4, -0.2) is 36.5 Å². The van der Waals surface area contributed by atoms with Crippen LogP contribution < -0.4 is 5.32 Å². The molecule has 0 radical (unpaired) electrons. The van der Waals surface area contributed by atoms with Crippen molar-refractivity contribution in [2.24, 2.45) is 11.8 Å². The molecule has 1 saturated carbocycles. The minimum atomic E-state index is 0.221. The van der Waals surface area contributed by atoms with Crippen LogP contribution >= 0.6 is 0 Å². The molecular weight excluding hydrogens is 188 g/mol. The number of nitrogens with zero attached hydrogens (tertiary/aromatic N) is 1. The van der Waals surface area contributed by atoms with Gasteiger partial charge in [0.1, 0.15) is 0 Å². The zero-order valence-electron chi connectivity index (χ0n) is 9.83. The number of hydrogen-bond acceptors (Lipinski definition) is 2. The fourth-order valence-electron chi connectivity index (χ4n) is 2.63. The van der Waals surface area contributed by atoms with Crippen LogP contribution in [0.1, 0.15) is 33.1 Å². The molecule has 15 heavy (non-hydrogen) atoms. The number of amides is 1. The zero-order valence-corrected chi connectivity index (χ0v) is 9.83. The van der Waals surface area contributed by atoms with Crippen LogP contribution in [0.15, 0.2) is 0 Å². The predicted octanol–water partition coefficient (Wildman–Crippen LogP) is 1.24. The summed E-state index contributed by atoms with van der Waals surface area (Å²) in [5.41, 5.74) is 0. The van der Waals surface area contributed by atoms with Gasteiger partial charge in [-0.25, -0.2) is 0 Å². The predicted molar refractivity (Wildman–Crippen MR) is 60.5 cm³/mol. The third-order valence-corrected chi connectivity index (χ3v) is 3.25. The highest BCUT2D eigenvalue weighted by Gasteiger charge is 2.26. The summed E-state index contributed by atoms with van der Waals surface area (Å²) < 4.78 is 0. The number of carbonyl (C=O) groups is 1. The van der Waals surface area contributed by atoms with E-state index in [0.717, 1.165) is 24.9 Å². The molecule has 2 atom stereocenters. The summed E-state index contributed by atoms with van der Waals surface area (Å²) in [7, 11) is 0. The monoisotopic (exact) mass is 210 g/mol. The SMILES string of the molecule is C[C@@H]1C[C@H](C)CN(CC(=O)NC2CC2)C1. The molecule has 0 bridgehead atoms. The van der Waals surface area contributed by atoms with Crippen molar-refractivity contribution in [3.8, 4) is 0 Å². The summed E-state index contributed by atoms with van der Waals surface area (Å²) in [6, 6.07) is 0.497. The van der Waals surface area contributed by atoms with Crippen molar-refractivity contribution < 1.29 is 4.79 Å². The number of hydrogen-bond donors (Lipinski definition) is 1. The van der Waals surface area contributed by atoms with E-state index in [-0.39, 0.29) is 5.91 Å². The Morgan fingerprint density at radius 1 is 1.27 bits per heavy atom. The first kappa shape index (κ1) is 10.9. The second kappa shape index (κ2) is 4.52. The Morgan fingerprint density at radius 3 is 2.40 bits per heavy atom. The minimum Gasteiger partial charge on any atom is -0.352 e. The first-order chi connectivity index (χ1) is 7.13. The average molecular weight is 210 g/mol. The quantitative estimate of drug-likeness (QED) is 0.760. The topological polar surface area (TPSA) is 32.3 Å². The van der Waals surface area contributed by atoms with Gasteiger partial charge < -0.3 is 5.32 Å². The molecule has 0 spiro atoms. The van der Waals surface area contributed by atoms with E-state index in [2.05, 4.69) is 24.1 Å². The van der Waals surface area contributed by atoms with E-state index in [0.29, 0.717) is 12.6 Å². The van der Waals surface area contributed by atoms with Gasteiger partial charge in [0.25, 0.3) is 0 Å². The van der Waals surface area contributed by atoms with Crippen LogP contribution in [0.4, 0.5) is 0 Å². The van der Waals surface area contributed by atoms with Gasteiger partial charge in [-0.1, -0.05) is 13.8 Å². The summed E-state index contributed by atoms with van der Waals surface area (Å²) in [5, 5.41) is 3.05. The molecule has 2 aliphatic rings. The van der Waals surface area contributed by atoms with E-state index >= 15 is 0 Å². The van der Waals surface area contributed by atoms with Crippen molar-refractivity contribution in [1.82, 2.24) is 10.2 Å². The first-order valence-electron chi connectivity index (χ1n) is 6.15. The van der Waals surface area contributed by atoms with Gasteiger partial charge in [-0.05, 0) is 31.1 Å². The molecular formula is C12H22N2O. The highest BCUT2D eigenvalue weighted by molar-refractivity contribution is 5.78. The lowest BCUT2D eigenvalue weighted by Crippen LogP contribution is -2.44. The number of carbonyl (C=O) groups excluding carboxylic acids is 1. The molecule has 2 fully saturated rings. The maximum absolute atomic E-state index is 11.6. The lowest BCUT2D eigenvalue weighted by Gasteiger charge is -2.34. The van der Waals surface area contributed by atoms with Gasteiger partial charge in [-0.3, -0.25) is 9.69 Å². The molecule has 1 N–H and O–H groups in total. The molecule has 0 aromatic heterocycles. The number of likely N-dealkylation sites (tertiary alicyclic amines) is 1. The molecule has 0 unspecified atom stereocenters. The summed E-state index contributed by atoms with van der Waals surface area (Å²) >= 11 is 0. The second-order valence-corrected chi connectivity index (χ2v) is 5.48. The summed E-state index contributed by atoms with van der Waals surface area (Å²) in [6.07, 6.45) is 3.66. The molecule has 1 amide bonds. The van der Waals surface area contributed by atoms with Crippen molar-refractivity contribution in [3.63, 3.8) is 0 Å². The smallest absolute Gasteiger partial charge is 0.234 e. The fraction of sp³-hybridized carbons (Fsp3) is 0.917. The van der Waals surface area contributed by atoms with Crippen molar-refractivity contribution in [2.75, 3.05) is 19.6 Å². The van der Waals surface area contributed by atoms with Gasteiger partial charge >= 0.3 is 0 Å². The molecule has 1 aliphatic heterocycles. The minimum absolute atomic E-state index is 0.221. The maximum Gasteiger partial charge on any atom is 0.234 e. The van der Waals surface area contributed by atoms with Gasteiger partial charge in [0.05, 0.1) is 6.54 Å². The van der Waals surface area contributed by atoms with E-state index in [4.69, 9.17) is 0 Å². The van der Waals surface area contributed by atoms with Gasteiger partial charge in [0.15, 0.2) is 0 Å². The fourth-order valence-corrected chi connectivity index (χ4v) is 2.63. The maximum atomic E-state index is 11.6. The molecule has 2 rings (SSSR count). The van der Waals surface area contributed by atoms with E-state index in [1.807, 2.05) is 0 Å². The van der Waals surface area contributed by atoms with Crippen LogP contribution in [-0.2, 0) is 4.79 Å². The molecule has 3 nitrogen and oxygen atoms in total. The highest BCUT2D eigenvalue weighted by atomic mass is 16.2. The third kappa shape index (κ3) is 3.49. The Hall–Kier alpha value is -0.570. The van der Waals surface area contributed by atoms with E-state index in [1.54, 1.807) is 0 Å². The Kier molecular flexibility index (Phi) is 3.29. The van der Waals surface area contributed by atoms with E-state index in [1.165, 1.54) is 19.3 Å². The van der Waals surface area contributed by atoms with Gasteiger partial charge in [0.2, 0.25) is 5.91 Å². The standard InChI is InChI=1S/C12H22N2O/c1-9-5-10(2)7-14(6-9)8-12(15)13-11-3-4-11/h9-11H,3-8H2,1-2H3,(H,13,15)/t9-,10+. The Morgan fingerprint density at radius 2 is 1.87 bits per heavy atom. The second-order valence-electron chi connectivity index (χ2n) is 5.48. The van der Waals surface area contributed by atoms with Crippen LogP contribution in [0.2, 0.25) is 0 Å². The summed E-state index contributed by atoms with van der Waals surface area (Å²) in [6.45, 7) is 7.33. The lowest BCUT2D eigenvalue weighted by atomic mass is 9.92. The number of nitrogens with one attached hydrogen (secondary N) is 1. The van der Waals surface area contributed by atoms with E-state index in [9.17, 15) is 4.79 Å².